The van der Waals surface area contributed by atoms with Gasteiger partial charge >= 0.3 is 0 Å². The number of hydrogen-bond donors (Lipinski definition) is 0. The average Bonchev–Trinajstić information content (AvgIpc) is 3.95. The number of hydrogen-bond acceptors (Lipinski definition) is 10. The fourth-order valence-corrected chi connectivity index (χ4v) is 13.9. The van der Waals surface area contributed by atoms with Crippen molar-refractivity contribution < 1.29 is 9.47 Å². The van der Waals surface area contributed by atoms with Crippen LogP contribution in [0.25, 0.3) is 22.9 Å². The van der Waals surface area contributed by atoms with Crippen molar-refractivity contribution >= 4 is 117 Å². The van der Waals surface area contributed by atoms with Crippen molar-refractivity contribution in [3.63, 3.8) is 0 Å². The maximum absolute atomic E-state index is 6.66. The van der Waals surface area contributed by atoms with Crippen molar-refractivity contribution in [1.29, 1.82) is 0 Å². The molecule has 0 saturated heterocycles. The molecule has 0 radical (unpaired) electrons. The van der Waals surface area contributed by atoms with E-state index in [9.17, 15) is 0 Å². The zero-order valence-corrected chi connectivity index (χ0v) is 33.8. The van der Waals surface area contributed by atoms with E-state index >= 15 is 0 Å². The maximum atomic E-state index is 6.66. The SMILES string of the molecule is CCCCCCOc1c(/C=C/C2=CSC(=C3SC=CS3)S2)ccc2c(OCCCCCC)c(/C=C/C3=CSC(=C4SC=CS4)S3)ccc12. The monoisotopic (exact) mass is 784 g/mol. The van der Waals surface area contributed by atoms with Crippen LogP contribution in [-0.2, 0) is 0 Å². The molecule has 252 valence electrons. The van der Waals surface area contributed by atoms with E-state index in [4.69, 9.17) is 9.47 Å². The van der Waals surface area contributed by atoms with Crippen molar-refractivity contribution in [1.82, 2.24) is 0 Å². The summed E-state index contributed by atoms with van der Waals surface area (Å²) in [5, 5.41) is 15.4. The summed E-state index contributed by atoms with van der Waals surface area (Å²) >= 11 is 14.6. The number of fused-ring (bicyclic) bond motifs is 1. The van der Waals surface area contributed by atoms with Crippen LogP contribution in [0.4, 0.5) is 0 Å². The minimum atomic E-state index is 0.715. The first-order valence-electron chi connectivity index (χ1n) is 16.5. The molecule has 0 atom stereocenters. The predicted octanol–water partition coefficient (Wildman–Crippen LogP) is 15.6. The summed E-state index contributed by atoms with van der Waals surface area (Å²) < 4.78 is 18.8. The number of benzene rings is 2. The fourth-order valence-electron chi connectivity index (χ4n) is 5.18. The van der Waals surface area contributed by atoms with Gasteiger partial charge in [-0.2, -0.15) is 0 Å². The number of unbranched alkanes of at least 4 members (excludes halogenated alkanes) is 6. The van der Waals surface area contributed by atoms with Gasteiger partial charge in [-0.15, -0.1) is 0 Å². The summed E-state index contributed by atoms with van der Waals surface area (Å²) in [6.45, 7) is 5.93. The largest absolute Gasteiger partial charge is 0.492 e. The molecular formula is C38H40O2S8. The van der Waals surface area contributed by atoms with Crippen molar-refractivity contribution in [2.75, 3.05) is 13.2 Å². The van der Waals surface area contributed by atoms with E-state index in [1.165, 1.54) is 65.3 Å². The number of rotatable bonds is 16. The van der Waals surface area contributed by atoms with Crippen LogP contribution in [0.15, 0.2) is 95.6 Å². The van der Waals surface area contributed by atoms with E-state index in [1.807, 2.05) is 94.1 Å². The topological polar surface area (TPSA) is 18.5 Å². The normalized spacial score (nSPS) is 17.7. The molecule has 0 spiro atoms. The Balaban J connectivity index is 1.28. The molecule has 0 bridgehead atoms. The maximum Gasteiger partial charge on any atom is 0.134 e. The van der Waals surface area contributed by atoms with E-state index in [-0.39, 0.29) is 0 Å². The standard InChI is InChI=1S/C38H40O2S8/c1-3-5-7-9-19-39-33-27(11-15-29-25-45-37(47-29)35-41-21-22-42-35)13-18-32-31(33)17-14-28(34(32)40-20-10-8-6-4-2)12-16-30-26-46-38(48-30)36-43-23-24-44-36/h11-18,21-26H,3-10,19-20H2,1-2H3/b15-11+,16-12+. The Labute approximate surface area is 320 Å². The minimum Gasteiger partial charge on any atom is -0.492 e. The Morgan fingerprint density at radius 1 is 0.479 bits per heavy atom. The van der Waals surface area contributed by atoms with Crippen molar-refractivity contribution in [3.8, 4) is 11.5 Å². The zero-order valence-electron chi connectivity index (χ0n) is 27.2. The van der Waals surface area contributed by atoms with Crippen LogP contribution < -0.4 is 9.47 Å². The van der Waals surface area contributed by atoms with Crippen LogP contribution in [0.1, 0.15) is 76.3 Å². The summed E-state index contributed by atoms with van der Waals surface area (Å²) in [6.07, 6.45) is 18.3. The van der Waals surface area contributed by atoms with E-state index in [0.29, 0.717) is 13.2 Å². The highest BCUT2D eigenvalue weighted by atomic mass is 32.2. The lowest BCUT2D eigenvalue weighted by Gasteiger charge is -2.17. The molecule has 0 aromatic heterocycles. The summed E-state index contributed by atoms with van der Waals surface area (Å²) in [5.41, 5.74) is 2.22. The number of thioether (sulfide) groups is 8. The van der Waals surface area contributed by atoms with Crippen molar-refractivity contribution in [3.05, 3.63) is 107 Å². The highest BCUT2D eigenvalue weighted by Gasteiger charge is 2.20. The third-order valence-electron chi connectivity index (χ3n) is 7.64. The van der Waals surface area contributed by atoms with Crippen LogP contribution in [0.3, 0.4) is 0 Å². The van der Waals surface area contributed by atoms with Crippen molar-refractivity contribution in [2.45, 2.75) is 65.2 Å². The van der Waals surface area contributed by atoms with E-state index in [2.05, 4.69) is 94.9 Å². The van der Waals surface area contributed by atoms with Gasteiger partial charge in [0.25, 0.3) is 0 Å². The Morgan fingerprint density at radius 3 is 1.33 bits per heavy atom. The van der Waals surface area contributed by atoms with Crippen LogP contribution in [0.2, 0.25) is 0 Å². The van der Waals surface area contributed by atoms with Gasteiger partial charge < -0.3 is 9.47 Å². The third kappa shape index (κ3) is 10.1. The smallest absolute Gasteiger partial charge is 0.134 e. The van der Waals surface area contributed by atoms with Gasteiger partial charge in [-0.1, -0.05) is 171 Å². The third-order valence-corrected chi connectivity index (χ3v) is 17.6. The summed E-state index contributed by atoms with van der Waals surface area (Å²) in [7, 11) is 0. The van der Waals surface area contributed by atoms with Gasteiger partial charge in [0, 0.05) is 31.7 Å². The van der Waals surface area contributed by atoms with Gasteiger partial charge in [0.2, 0.25) is 0 Å². The van der Waals surface area contributed by atoms with Crippen LogP contribution in [-0.4, -0.2) is 13.2 Å². The fraction of sp³-hybridized carbons (Fsp3) is 0.316. The van der Waals surface area contributed by atoms with Gasteiger partial charge in [-0.25, -0.2) is 0 Å². The molecule has 0 amide bonds. The molecule has 0 aliphatic carbocycles. The lowest BCUT2D eigenvalue weighted by Crippen LogP contribution is -2.02. The molecular weight excluding hydrogens is 745 g/mol. The predicted molar refractivity (Wildman–Crippen MR) is 231 cm³/mol. The Morgan fingerprint density at radius 2 is 0.917 bits per heavy atom. The van der Waals surface area contributed by atoms with E-state index in [1.54, 1.807) is 0 Å². The van der Waals surface area contributed by atoms with Gasteiger partial charge in [0.15, 0.2) is 0 Å². The average molecular weight is 785 g/mol. The van der Waals surface area contributed by atoms with Gasteiger partial charge in [-0.3, -0.25) is 0 Å². The van der Waals surface area contributed by atoms with Crippen molar-refractivity contribution in [2.24, 2.45) is 0 Å². The molecule has 2 aromatic rings. The van der Waals surface area contributed by atoms with Crippen LogP contribution in [0, 0.1) is 0 Å². The number of ether oxygens (including phenoxy) is 2. The second-order valence-corrected chi connectivity index (χ2v) is 19.8. The van der Waals surface area contributed by atoms with Gasteiger partial charge in [0.1, 0.15) is 11.5 Å². The molecule has 2 aromatic carbocycles. The highest BCUT2D eigenvalue weighted by Crippen LogP contribution is 2.54. The molecule has 0 unspecified atom stereocenters. The lowest BCUT2D eigenvalue weighted by atomic mass is 10.0. The molecule has 10 heteroatoms. The van der Waals surface area contributed by atoms with Crippen LogP contribution >= 0.6 is 94.1 Å². The Hall–Kier alpha value is -0.980. The second kappa shape index (κ2) is 19.6. The zero-order chi connectivity index (χ0) is 33.0. The summed E-state index contributed by atoms with van der Waals surface area (Å²) in [5.74, 6) is 1.91. The molecule has 4 aliphatic heterocycles. The second-order valence-electron chi connectivity index (χ2n) is 11.2. The minimum absolute atomic E-state index is 0.715. The molecule has 6 rings (SSSR count). The lowest BCUT2D eigenvalue weighted by molar-refractivity contribution is 0.305. The molecule has 4 aliphatic rings. The Kier molecular flexibility index (Phi) is 15.0. The first-order chi connectivity index (χ1) is 23.7. The molecule has 48 heavy (non-hydrogen) atoms. The molecule has 0 N–H and O–H groups in total. The molecule has 0 fully saturated rings. The van der Waals surface area contributed by atoms with Crippen LogP contribution in [0.5, 0.6) is 11.5 Å². The molecule has 2 nitrogen and oxygen atoms in total. The van der Waals surface area contributed by atoms with E-state index < -0.39 is 0 Å². The first kappa shape index (κ1) is 36.8. The van der Waals surface area contributed by atoms with Gasteiger partial charge in [-0.05, 0) is 69.6 Å². The molecule has 0 saturated carbocycles. The van der Waals surface area contributed by atoms with E-state index in [0.717, 1.165) is 46.2 Å². The number of allylic oxidation sites excluding steroid dienone is 2. The molecule has 4 heterocycles. The van der Waals surface area contributed by atoms with Gasteiger partial charge in [0.05, 0.1) is 30.2 Å². The summed E-state index contributed by atoms with van der Waals surface area (Å²) in [4.78, 5) is 2.53. The highest BCUT2D eigenvalue weighted by molar-refractivity contribution is 8.34. The first-order valence-corrected chi connectivity index (χ1v) is 23.4. The quantitative estimate of drug-likeness (QED) is 0.153. The summed E-state index contributed by atoms with van der Waals surface area (Å²) in [6, 6.07) is 8.90. The Bertz CT molecular complexity index is 1570.